The maximum atomic E-state index is 6.06. The van der Waals surface area contributed by atoms with Crippen molar-refractivity contribution in [3.05, 3.63) is 0 Å². The molecule has 1 aliphatic rings. The van der Waals surface area contributed by atoms with E-state index in [2.05, 4.69) is 23.1 Å². The molecule has 84 valence electrons. The highest BCUT2D eigenvalue weighted by Crippen LogP contribution is 2.03. The van der Waals surface area contributed by atoms with Gasteiger partial charge >= 0.3 is 0 Å². The molecule has 0 unspecified atom stereocenters. The highest BCUT2D eigenvalue weighted by Gasteiger charge is 2.15. The molecule has 1 fully saturated rings. The summed E-state index contributed by atoms with van der Waals surface area (Å²) in [4.78, 5) is 4.87. The number of likely N-dealkylation sites (N-methyl/N-ethyl adjacent to an activating group) is 1. The zero-order chi connectivity index (χ0) is 10.4. The van der Waals surface area contributed by atoms with E-state index in [4.69, 9.17) is 5.73 Å². The molecule has 0 amide bonds. The Morgan fingerprint density at radius 3 is 2.50 bits per heavy atom. The molecule has 0 aromatic rings. The van der Waals surface area contributed by atoms with Crippen LogP contribution in [-0.2, 0) is 0 Å². The van der Waals surface area contributed by atoms with Crippen molar-refractivity contribution < 1.29 is 0 Å². The smallest absolute Gasteiger partial charge is 0.0175 e. The quantitative estimate of drug-likeness (QED) is 0.719. The van der Waals surface area contributed by atoms with E-state index in [9.17, 15) is 0 Å². The van der Waals surface area contributed by atoms with Crippen molar-refractivity contribution in [2.75, 3.05) is 51.8 Å². The average Bonchev–Trinajstić information content (AvgIpc) is 2.18. The zero-order valence-corrected chi connectivity index (χ0v) is 10.2. The fraction of sp³-hybridized carbons (Fsp3) is 1.00. The van der Waals surface area contributed by atoms with Crippen LogP contribution in [0.3, 0.4) is 0 Å². The summed E-state index contributed by atoms with van der Waals surface area (Å²) < 4.78 is 0. The molecule has 1 aliphatic heterocycles. The molecule has 3 nitrogen and oxygen atoms in total. The number of nitrogens with zero attached hydrogens (tertiary/aromatic N) is 2. The predicted molar refractivity (Wildman–Crippen MR) is 64.9 cm³/mol. The zero-order valence-electron chi connectivity index (χ0n) is 9.41. The van der Waals surface area contributed by atoms with Gasteiger partial charge in [0.2, 0.25) is 0 Å². The van der Waals surface area contributed by atoms with Gasteiger partial charge in [-0.2, -0.15) is 11.8 Å². The second-order valence-electron chi connectivity index (χ2n) is 4.15. The van der Waals surface area contributed by atoms with Crippen LogP contribution in [-0.4, -0.2) is 67.6 Å². The monoisotopic (exact) mass is 217 g/mol. The molecule has 4 heteroatoms. The summed E-state index contributed by atoms with van der Waals surface area (Å²) in [5.41, 5.74) is 6.06. The molecular weight excluding hydrogens is 194 g/mol. The van der Waals surface area contributed by atoms with E-state index < -0.39 is 0 Å². The fourth-order valence-electron chi connectivity index (χ4n) is 1.72. The van der Waals surface area contributed by atoms with Gasteiger partial charge in [-0.1, -0.05) is 0 Å². The van der Waals surface area contributed by atoms with E-state index in [0.29, 0.717) is 6.04 Å². The van der Waals surface area contributed by atoms with Crippen molar-refractivity contribution in [1.29, 1.82) is 0 Å². The maximum absolute atomic E-state index is 6.06. The molecule has 0 aliphatic carbocycles. The fourth-order valence-corrected chi connectivity index (χ4v) is 2.26. The molecule has 2 N–H and O–H groups in total. The van der Waals surface area contributed by atoms with Gasteiger partial charge in [-0.05, 0) is 25.5 Å². The van der Waals surface area contributed by atoms with Crippen LogP contribution in [0.5, 0.6) is 0 Å². The van der Waals surface area contributed by atoms with Crippen LogP contribution in [0, 0.1) is 0 Å². The summed E-state index contributed by atoms with van der Waals surface area (Å²) in [7, 11) is 2.19. The molecule has 0 bridgehead atoms. The van der Waals surface area contributed by atoms with Gasteiger partial charge in [0, 0.05) is 38.8 Å². The normalized spacial score (nSPS) is 22.5. The largest absolute Gasteiger partial charge is 0.327 e. The lowest BCUT2D eigenvalue weighted by molar-refractivity contribution is 0.147. The molecule has 14 heavy (non-hydrogen) atoms. The highest BCUT2D eigenvalue weighted by molar-refractivity contribution is 7.98. The van der Waals surface area contributed by atoms with Crippen LogP contribution in [0.1, 0.15) is 6.42 Å². The number of hydrogen-bond acceptors (Lipinski definition) is 4. The van der Waals surface area contributed by atoms with Crippen LogP contribution in [0.2, 0.25) is 0 Å². The van der Waals surface area contributed by atoms with Gasteiger partial charge in [-0.3, -0.25) is 4.90 Å². The lowest BCUT2D eigenvalue weighted by Gasteiger charge is -2.33. The Balaban J connectivity index is 2.10. The van der Waals surface area contributed by atoms with E-state index in [0.717, 1.165) is 13.0 Å². The van der Waals surface area contributed by atoms with Gasteiger partial charge in [-0.25, -0.2) is 0 Å². The van der Waals surface area contributed by atoms with Crippen LogP contribution in [0.4, 0.5) is 0 Å². The van der Waals surface area contributed by atoms with Crippen molar-refractivity contribution in [2.24, 2.45) is 5.73 Å². The molecule has 0 spiro atoms. The Bertz CT molecular complexity index is 146. The summed E-state index contributed by atoms with van der Waals surface area (Å²) in [6, 6.07) is 0.367. The first-order valence-corrected chi connectivity index (χ1v) is 6.77. The first-order chi connectivity index (χ1) is 6.72. The molecule has 0 radical (unpaired) electrons. The van der Waals surface area contributed by atoms with E-state index >= 15 is 0 Å². The SMILES string of the molecule is CSCC[C@H](N)CN1CCN(C)CC1. The standard InChI is InChI=1S/C10H23N3S/c1-12-4-6-13(7-5-12)9-10(11)3-8-14-2/h10H,3-9,11H2,1-2H3/t10-/m0/s1. The van der Waals surface area contributed by atoms with Gasteiger partial charge in [0.15, 0.2) is 0 Å². The second-order valence-corrected chi connectivity index (χ2v) is 5.13. The van der Waals surface area contributed by atoms with Gasteiger partial charge in [0.05, 0.1) is 0 Å². The lowest BCUT2D eigenvalue weighted by Crippen LogP contribution is -2.48. The van der Waals surface area contributed by atoms with Gasteiger partial charge in [0.1, 0.15) is 0 Å². The highest BCUT2D eigenvalue weighted by atomic mass is 32.2. The van der Waals surface area contributed by atoms with E-state index in [1.807, 2.05) is 11.8 Å². The molecule has 1 saturated heterocycles. The maximum Gasteiger partial charge on any atom is 0.0175 e. The number of rotatable bonds is 5. The van der Waals surface area contributed by atoms with Crippen LogP contribution in [0.15, 0.2) is 0 Å². The number of nitrogens with two attached hydrogens (primary N) is 1. The van der Waals surface area contributed by atoms with Crippen molar-refractivity contribution in [1.82, 2.24) is 9.80 Å². The second kappa shape index (κ2) is 6.67. The minimum atomic E-state index is 0.367. The molecular formula is C10H23N3S. The number of hydrogen-bond donors (Lipinski definition) is 1. The number of piperazine rings is 1. The summed E-state index contributed by atoms with van der Waals surface area (Å²) in [5.74, 6) is 1.19. The molecule has 1 rings (SSSR count). The summed E-state index contributed by atoms with van der Waals surface area (Å²) in [6.07, 6.45) is 3.29. The van der Waals surface area contributed by atoms with Gasteiger partial charge < -0.3 is 10.6 Å². The minimum absolute atomic E-state index is 0.367. The summed E-state index contributed by atoms with van der Waals surface area (Å²) in [5, 5.41) is 0. The summed E-state index contributed by atoms with van der Waals surface area (Å²) in [6.45, 7) is 5.83. The molecule has 0 saturated carbocycles. The van der Waals surface area contributed by atoms with Crippen molar-refractivity contribution >= 4 is 11.8 Å². The van der Waals surface area contributed by atoms with E-state index in [1.54, 1.807) is 0 Å². The Morgan fingerprint density at radius 1 is 1.29 bits per heavy atom. The minimum Gasteiger partial charge on any atom is -0.327 e. The lowest BCUT2D eigenvalue weighted by atomic mass is 10.2. The van der Waals surface area contributed by atoms with E-state index in [1.165, 1.54) is 31.9 Å². The molecule has 0 aromatic heterocycles. The first-order valence-electron chi connectivity index (χ1n) is 5.38. The summed E-state index contributed by atoms with van der Waals surface area (Å²) >= 11 is 1.89. The third kappa shape index (κ3) is 4.64. The van der Waals surface area contributed by atoms with Crippen molar-refractivity contribution in [3.8, 4) is 0 Å². The Hall–Kier alpha value is 0.230. The van der Waals surface area contributed by atoms with Crippen LogP contribution < -0.4 is 5.73 Å². The Kier molecular flexibility index (Phi) is 5.86. The predicted octanol–water partition coefficient (Wildman–Crippen LogP) is 0.314. The van der Waals surface area contributed by atoms with Crippen molar-refractivity contribution in [3.63, 3.8) is 0 Å². The molecule has 1 atom stereocenters. The first kappa shape index (κ1) is 12.3. The molecule has 0 aromatic carbocycles. The molecule has 1 heterocycles. The number of thioether (sulfide) groups is 1. The topological polar surface area (TPSA) is 32.5 Å². The average molecular weight is 217 g/mol. The third-order valence-corrected chi connectivity index (χ3v) is 3.43. The van der Waals surface area contributed by atoms with Gasteiger partial charge in [-0.15, -0.1) is 0 Å². The van der Waals surface area contributed by atoms with Gasteiger partial charge in [0.25, 0.3) is 0 Å². The Morgan fingerprint density at radius 2 is 1.93 bits per heavy atom. The van der Waals surface area contributed by atoms with Crippen molar-refractivity contribution in [2.45, 2.75) is 12.5 Å². The Labute approximate surface area is 92.0 Å². The van der Waals surface area contributed by atoms with E-state index in [-0.39, 0.29) is 0 Å². The van der Waals surface area contributed by atoms with Crippen LogP contribution in [0.25, 0.3) is 0 Å². The van der Waals surface area contributed by atoms with Crippen LogP contribution >= 0.6 is 11.8 Å². The third-order valence-electron chi connectivity index (χ3n) is 2.78.